The van der Waals surface area contributed by atoms with Crippen molar-refractivity contribution in [2.24, 2.45) is 0 Å². The van der Waals surface area contributed by atoms with Crippen molar-refractivity contribution in [2.75, 3.05) is 13.7 Å². The zero-order valence-corrected chi connectivity index (χ0v) is 15.9. The van der Waals surface area contributed by atoms with E-state index in [-0.39, 0.29) is 12.2 Å². The lowest BCUT2D eigenvalue weighted by atomic mass is 10.1. The summed E-state index contributed by atoms with van der Waals surface area (Å²) in [5.74, 6) is -0.641. The van der Waals surface area contributed by atoms with Crippen molar-refractivity contribution in [3.05, 3.63) is 58.4 Å². The first-order chi connectivity index (χ1) is 12.4. The van der Waals surface area contributed by atoms with Gasteiger partial charge in [-0.25, -0.2) is 4.79 Å². The molecule has 0 amide bonds. The normalized spacial score (nSPS) is 12.5. The molecule has 0 bridgehead atoms. The molecule has 0 fully saturated rings. The molecule has 1 aromatic carbocycles. The summed E-state index contributed by atoms with van der Waals surface area (Å²) in [5.41, 5.74) is 5.00. The van der Waals surface area contributed by atoms with E-state index in [9.17, 15) is 10.1 Å². The molecule has 0 aliphatic rings. The number of carbonyl (C=O) groups excluding carboxylic acids is 1. The van der Waals surface area contributed by atoms with Crippen molar-refractivity contribution in [3.8, 4) is 11.8 Å². The van der Waals surface area contributed by atoms with Crippen LogP contribution < -0.4 is 0 Å². The van der Waals surface area contributed by atoms with Crippen molar-refractivity contribution < 1.29 is 14.3 Å². The van der Waals surface area contributed by atoms with Crippen LogP contribution in [0.15, 0.2) is 35.9 Å². The predicted octanol–water partition coefficient (Wildman–Crippen LogP) is 3.89. The average molecular weight is 352 g/mol. The summed E-state index contributed by atoms with van der Waals surface area (Å²) in [6.07, 6.45) is 1.17. The minimum Gasteiger partial charge on any atom is -0.456 e. The van der Waals surface area contributed by atoms with Crippen molar-refractivity contribution in [3.63, 3.8) is 0 Å². The summed E-state index contributed by atoms with van der Waals surface area (Å²) >= 11 is 0. The highest BCUT2D eigenvalue weighted by Crippen LogP contribution is 2.23. The largest absolute Gasteiger partial charge is 0.456 e. The molecule has 0 radical (unpaired) electrons. The molecule has 2 rings (SSSR count). The van der Waals surface area contributed by atoms with E-state index in [2.05, 4.69) is 28.8 Å². The maximum Gasteiger partial charge on any atom is 0.349 e. The Kier molecular flexibility index (Phi) is 6.37. The molecule has 0 saturated heterocycles. The Bertz CT molecular complexity index is 855. The Morgan fingerprint density at radius 2 is 1.92 bits per heavy atom. The molecule has 0 aliphatic heterocycles. The molecule has 2 aromatic rings. The van der Waals surface area contributed by atoms with Crippen LogP contribution in [0.3, 0.4) is 0 Å². The third-order valence-corrected chi connectivity index (χ3v) is 4.11. The van der Waals surface area contributed by atoms with E-state index in [1.165, 1.54) is 12.7 Å². The number of benzene rings is 1. The van der Waals surface area contributed by atoms with Crippen LogP contribution in [0.2, 0.25) is 0 Å². The topological polar surface area (TPSA) is 64.2 Å². The van der Waals surface area contributed by atoms with Gasteiger partial charge in [0, 0.05) is 24.2 Å². The molecule has 0 saturated carbocycles. The minimum absolute atomic E-state index is 0.0305. The fraction of sp³-hybridized carbons (Fsp3) is 0.333. The number of aromatic nitrogens is 1. The van der Waals surface area contributed by atoms with Gasteiger partial charge in [0.1, 0.15) is 17.7 Å². The van der Waals surface area contributed by atoms with Gasteiger partial charge in [-0.05, 0) is 57.5 Å². The summed E-state index contributed by atoms with van der Waals surface area (Å²) in [6, 6.07) is 12.1. The molecule has 5 nitrogen and oxygen atoms in total. The lowest BCUT2D eigenvalue weighted by molar-refractivity contribution is -0.145. The summed E-state index contributed by atoms with van der Waals surface area (Å²) < 4.78 is 12.3. The molecule has 0 aliphatic carbocycles. The zero-order chi connectivity index (χ0) is 19.3. The SMILES string of the molecule is COC[C@@H](C)OC(=O)/C(C#N)=C/c1cc(C)n(-c2ccc(C)cc2)c1C. The predicted molar refractivity (Wildman–Crippen MR) is 101 cm³/mol. The summed E-state index contributed by atoms with van der Waals surface area (Å²) in [7, 11) is 1.53. The standard InChI is InChI=1S/C21H24N2O3/c1-14-6-8-20(9-7-14)23-15(2)10-18(17(23)4)11-19(12-22)21(24)26-16(3)13-25-5/h6-11,16H,13H2,1-5H3/b19-11+/t16-/m1/s1. The molecular formula is C21H24N2O3. The van der Waals surface area contributed by atoms with Gasteiger partial charge in [-0.3, -0.25) is 0 Å². The number of nitriles is 1. The van der Waals surface area contributed by atoms with Gasteiger partial charge >= 0.3 is 5.97 Å². The first-order valence-electron chi connectivity index (χ1n) is 8.45. The van der Waals surface area contributed by atoms with Crippen LogP contribution in [-0.4, -0.2) is 30.4 Å². The fourth-order valence-corrected chi connectivity index (χ4v) is 2.83. The van der Waals surface area contributed by atoms with Crippen LogP contribution >= 0.6 is 0 Å². The van der Waals surface area contributed by atoms with E-state index in [1.54, 1.807) is 13.0 Å². The highest BCUT2D eigenvalue weighted by atomic mass is 16.6. The number of aryl methyl sites for hydroxylation is 2. The van der Waals surface area contributed by atoms with Gasteiger partial charge < -0.3 is 14.0 Å². The monoisotopic (exact) mass is 352 g/mol. The molecule has 1 atom stereocenters. The Morgan fingerprint density at radius 1 is 1.27 bits per heavy atom. The van der Waals surface area contributed by atoms with Gasteiger partial charge in [0.25, 0.3) is 0 Å². The van der Waals surface area contributed by atoms with Crippen LogP contribution in [0.4, 0.5) is 0 Å². The second-order valence-electron chi connectivity index (χ2n) is 6.34. The molecule has 0 N–H and O–H groups in total. The molecule has 136 valence electrons. The number of ether oxygens (including phenoxy) is 2. The Hall–Kier alpha value is -2.84. The van der Waals surface area contributed by atoms with Gasteiger partial charge in [-0.15, -0.1) is 0 Å². The van der Waals surface area contributed by atoms with Crippen molar-refractivity contribution in [1.29, 1.82) is 5.26 Å². The number of hydrogen-bond donors (Lipinski definition) is 0. The van der Waals surface area contributed by atoms with Crippen molar-refractivity contribution in [1.82, 2.24) is 4.57 Å². The number of rotatable bonds is 6. The van der Waals surface area contributed by atoms with Gasteiger partial charge in [0.05, 0.1) is 6.61 Å². The molecule has 0 unspecified atom stereocenters. The third kappa shape index (κ3) is 4.41. The third-order valence-electron chi connectivity index (χ3n) is 4.11. The van der Waals surface area contributed by atoms with Crippen LogP contribution in [0.25, 0.3) is 11.8 Å². The lowest BCUT2D eigenvalue weighted by Crippen LogP contribution is -2.20. The highest BCUT2D eigenvalue weighted by molar-refractivity contribution is 5.98. The number of nitrogens with zero attached hydrogens (tertiary/aromatic N) is 2. The van der Waals surface area contributed by atoms with Crippen LogP contribution in [0.5, 0.6) is 0 Å². The molecule has 1 aromatic heterocycles. The molecule has 0 spiro atoms. The molecule has 5 heteroatoms. The fourth-order valence-electron chi connectivity index (χ4n) is 2.83. The van der Waals surface area contributed by atoms with E-state index in [0.717, 1.165) is 22.6 Å². The molecule has 1 heterocycles. The number of methoxy groups -OCH3 is 1. The van der Waals surface area contributed by atoms with Gasteiger partial charge in [-0.1, -0.05) is 17.7 Å². The van der Waals surface area contributed by atoms with Gasteiger partial charge in [0.2, 0.25) is 0 Å². The number of esters is 1. The van der Waals surface area contributed by atoms with Crippen molar-refractivity contribution >= 4 is 12.0 Å². The van der Waals surface area contributed by atoms with Crippen LogP contribution in [-0.2, 0) is 14.3 Å². The molecular weight excluding hydrogens is 328 g/mol. The van der Waals surface area contributed by atoms with Gasteiger partial charge in [-0.2, -0.15) is 5.26 Å². The van der Waals surface area contributed by atoms with E-state index in [0.29, 0.717) is 0 Å². The first-order valence-corrected chi connectivity index (χ1v) is 8.45. The summed E-state index contributed by atoms with van der Waals surface area (Å²) in [6.45, 7) is 8.01. The first kappa shape index (κ1) is 19.5. The van der Waals surface area contributed by atoms with E-state index < -0.39 is 12.1 Å². The Balaban J connectivity index is 2.35. The highest BCUT2D eigenvalue weighted by Gasteiger charge is 2.17. The van der Waals surface area contributed by atoms with Gasteiger partial charge in [0.15, 0.2) is 0 Å². The van der Waals surface area contributed by atoms with Crippen LogP contribution in [0.1, 0.15) is 29.4 Å². The second kappa shape index (κ2) is 8.50. The quantitative estimate of drug-likeness (QED) is 0.449. The second-order valence-corrected chi connectivity index (χ2v) is 6.34. The van der Waals surface area contributed by atoms with E-state index >= 15 is 0 Å². The van der Waals surface area contributed by atoms with Crippen LogP contribution in [0, 0.1) is 32.1 Å². The molecule has 26 heavy (non-hydrogen) atoms. The smallest absolute Gasteiger partial charge is 0.349 e. The number of carbonyl (C=O) groups is 1. The van der Waals surface area contributed by atoms with Crippen molar-refractivity contribution in [2.45, 2.75) is 33.8 Å². The maximum absolute atomic E-state index is 12.2. The average Bonchev–Trinajstić information content (AvgIpc) is 2.87. The zero-order valence-electron chi connectivity index (χ0n) is 15.9. The Labute approximate surface area is 154 Å². The number of hydrogen-bond acceptors (Lipinski definition) is 4. The summed E-state index contributed by atoms with van der Waals surface area (Å²) in [5, 5.41) is 9.36. The summed E-state index contributed by atoms with van der Waals surface area (Å²) in [4.78, 5) is 12.2. The lowest BCUT2D eigenvalue weighted by Gasteiger charge is -2.11. The van der Waals surface area contributed by atoms with E-state index in [4.69, 9.17) is 9.47 Å². The minimum atomic E-state index is -0.641. The van der Waals surface area contributed by atoms with E-state index in [1.807, 2.05) is 32.9 Å². The maximum atomic E-state index is 12.2. The Morgan fingerprint density at radius 3 is 2.50 bits per heavy atom.